The van der Waals surface area contributed by atoms with Crippen LogP contribution in [0.4, 0.5) is 0 Å². The van der Waals surface area contributed by atoms with E-state index in [1.54, 1.807) is 30.3 Å². The molecule has 0 aliphatic rings. The average molecular weight is 363 g/mol. The molecule has 5 nitrogen and oxygen atoms in total. The SMILES string of the molecule is COc1cc(/C=C(\Cl)c2nc(-c3ccccc3Cl)no2)ccc1O. The van der Waals surface area contributed by atoms with Crippen LogP contribution >= 0.6 is 23.2 Å². The van der Waals surface area contributed by atoms with Crippen molar-refractivity contribution in [3.8, 4) is 22.9 Å². The summed E-state index contributed by atoms with van der Waals surface area (Å²) in [7, 11) is 1.47. The van der Waals surface area contributed by atoms with Crippen molar-refractivity contribution in [3.63, 3.8) is 0 Å². The normalized spacial score (nSPS) is 11.5. The molecule has 3 rings (SSSR count). The van der Waals surface area contributed by atoms with Crippen LogP contribution in [0.3, 0.4) is 0 Å². The zero-order valence-corrected chi connectivity index (χ0v) is 14.0. The number of nitrogens with zero attached hydrogens (tertiary/aromatic N) is 2. The number of hydrogen-bond donors (Lipinski definition) is 1. The molecule has 0 amide bonds. The highest BCUT2D eigenvalue weighted by atomic mass is 35.5. The highest BCUT2D eigenvalue weighted by molar-refractivity contribution is 6.50. The minimum absolute atomic E-state index is 0.0459. The summed E-state index contributed by atoms with van der Waals surface area (Å²) in [5, 5.41) is 14.3. The van der Waals surface area contributed by atoms with Gasteiger partial charge in [0.15, 0.2) is 11.5 Å². The van der Waals surface area contributed by atoms with Crippen LogP contribution in [0, 0.1) is 0 Å². The van der Waals surface area contributed by atoms with Crippen LogP contribution in [-0.4, -0.2) is 22.4 Å². The molecule has 2 aromatic carbocycles. The molecule has 7 heteroatoms. The minimum Gasteiger partial charge on any atom is -0.504 e. The summed E-state index contributed by atoms with van der Waals surface area (Å²) >= 11 is 12.4. The van der Waals surface area contributed by atoms with E-state index >= 15 is 0 Å². The fraction of sp³-hybridized carbons (Fsp3) is 0.0588. The van der Waals surface area contributed by atoms with E-state index in [2.05, 4.69) is 10.1 Å². The lowest BCUT2D eigenvalue weighted by Crippen LogP contribution is -1.85. The molecule has 0 aliphatic carbocycles. The number of rotatable bonds is 4. The van der Waals surface area contributed by atoms with Gasteiger partial charge in [0.2, 0.25) is 5.82 Å². The van der Waals surface area contributed by atoms with Gasteiger partial charge in [0.1, 0.15) is 5.03 Å². The number of benzene rings is 2. The number of phenols is 1. The predicted octanol–water partition coefficient (Wildman–Crippen LogP) is 4.84. The lowest BCUT2D eigenvalue weighted by atomic mass is 10.2. The van der Waals surface area contributed by atoms with E-state index in [1.807, 2.05) is 12.1 Å². The Morgan fingerprint density at radius 1 is 1.25 bits per heavy atom. The van der Waals surface area contributed by atoms with Gasteiger partial charge in [0, 0.05) is 5.56 Å². The van der Waals surface area contributed by atoms with E-state index in [4.69, 9.17) is 32.5 Å². The summed E-state index contributed by atoms with van der Waals surface area (Å²) in [6.07, 6.45) is 1.63. The summed E-state index contributed by atoms with van der Waals surface area (Å²) in [6, 6.07) is 12.0. The number of hydrogen-bond acceptors (Lipinski definition) is 5. The molecule has 0 aliphatic heterocycles. The summed E-state index contributed by atoms with van der Waals surface area (Å²) in [4.78, 5) is 4.25. The number of phenolic OH excluding ortho intramolecular Hbond substituents is 1. The second-order valence-corrected chi connectivity index (χ2v) is 5.64. The van der Waals surface area contributed by atoms with Crippen LogP contribution in [0.2, 0.25) is 5.02 Å². The number of aromatic hydroxyl groups is 1. The van der Waals surface area contributed by atoms with Crippen molar-refractivity contribution in [2.45, 2.75) is 0 Å². The zero-order valence-electron chi connectivity index (χ0n) is 12.5. The zero-order chi connectivity index (χ0) is 17.1. The summed E-state index contributed by atoms with van der Waals surface area (Å²) in [6.45, 7) is 0. The first-order valence-corrected chi connectivity index (χ1v) is 7.67. The number of halogens is 2. The van der Waals surface area contributed by atoms with Crippen molar-refractivity contribution < 1.29 is 14.4 Å². The van der Waals surface area contributed by atoms with Crippen molar-refractivity contribution in [2.75, 3.05) is 7.11 Å². The molecule has 1 N–H and O–H groups in total. The van der Waals surface area contributed by atoms with E-state index in [0.717, 1.165) is 0 Å². The van der Waals surface area contributed by atoms with Crippen LogP contribution in [0.15, 0.2) is 47.0 Å². The van der Waals surface area contributed by atoms with Crippen molar-refractivity contribution in [3.05, 3.63) is 58.9 Å². The molecular formula is C17H12Cl2N2O3. The lowest BCUT2D eigenvalue weighted by Gasteiger charge is -2.03. The number of ether oxygens (including phenoxy) is 1. The third kappa shape index (κ3) is 3.37. The lowest BCUT2D eigenvalue weighted by molar-refractivity contribution is 0.373. The molecule has 0 saturated carbocycles. The molecule has 0 radical (unpaired) electrons. The maximum absolute atomic E-state index is 9.61. The van der Waals surface area contributed by atoms with Gasteiger partial charge in [0.05, 0.1) is 12.1 Å². The van der Waals surface area contributed by atoms with E-state index < -0.39 is 0 Å². The molecular weight excluding hydrogens is 351 g/mol. The van der Waals surface area contributed by atoms with Crippen molar-refractivity contribution >= 4 is 34.3 Å². The largest absolute Gasteiger partial charge is 0.504 e. The van der Waals surface area contributed by atoms with Gasteiger partial charge < -0.3 is 14.4 Å². The third-order valence-corrected chi connectivity index (χ3v) is 3.84. The maximum atomic E-state index is 9.61. The number of methoxy groups -OCH3 is 1. The highest BCUT2D eigenvalue weighted by Gasteiger charge is 2.14. The van der Waals surface area contributed by atoms with Crippen LogP contribution in [0.25, 0.3) is 22.5 Å². The monoisotopic (exact) mass is 362 g/mol. The molecule has 3 aromatic rings. The molecule has 0 spiro atoms. The smallest absolute Gasteiger partial charge is 0.269 e. The molecule has 0 atom stereocenters. The Labute approximate surface area is 148 Å². The maximum Gasteiger partial charge on any atom is 0.269 e. The standard InChI is InChI=1S/C17H12Cl2N2O3/c1-23-15-9-10(6-7-14(15)22)8-13(19)17-20-16(21-24-17)11-4-2-3-5-12(11)18/h2-9,22H,1H3/b13-8-. The first-order valence-electron chi connectivity index (χ1n) is 6.91. The van der Waals surface area contributed by atoms with Gasteiger partial charge in [-0.25, -0.2) is 0 Å². The Bertz CT molecular complexity index is 906. The van der Waals surface area contributed by atoms with Gasteiger partial charge in [-0.3, -0.25) is 0 Å². The topological polar surface area (TPSA) is 68.4 Å². The molecule has 0 saturated heterocycles. The third-order valence-electron chi connectivity index (χ3n) is 3.24. The Kier molecular flexibility index (Phi) is 4.74. The molecule has 1 heterocycles. The summed E-state index contributed by atoms with van der Waals surface area (Å²) in [5.74, 6) is 0.907. The van der Waals surface area contributed by atoms with Gasteiger partial charge in [-0.15, -0.1) is 0 Å². The van der Waals surface area contributed by atoms with Crippen LogP contribution < -0.4 is 4.74 Å². The predicted molar refractivity (Wildman–Crippen MR) is 93.1 cm³/mol. The first kappa shape index (κ1) is 16.4. The summed E-state index contributed by atoms with van der Waals surface area (Å²) in [5.41, 5.74) is 1.37. The van der Waals surface area contributed by atoms with Gasteiger partial charge in [-0.2, -0.15) is 4.98 Å². The Balaban J connectivity index is 1.91. The van der Waals surface area contributed by atoms with Gasteiger partial charge in [-0.05, 0) is 35.9 Å². The van der Waals surface area contributed by atoms with Crippen molar-refractivity contribution in [1.29, 1.82) is 0 Å². The van der Waals surface area contributed by atoms with Gasteiger partial charge in [0.25, 0.3) is 5.89 Å². The van der Waals surface area contributed by atoms with Crippen LogP contribution in [0.5, 0.6) is 11.5 Å². The van der Waals surface area contributed by atoms with Gasteiger partial charge in [-0.1, -0.05) is 46.6 Å². The minimum atomic E-state index is 0.0459. The first-order chi connectivity index (χ1) is 11.6. The molecule has 1 aromatic heterocycles. The molecule has 0 fully saturated rings. The van der Waals surface area contributed by atoms with E-state index in [1.165, 1.54) is 13.2 Å². The fourth-order valence-corrected chi connectivity index (χ4v) is 2.49. The Hall–Kier alpha value is -2.50. The molecule has 0 unspecified atom stereocenters. The Morgan fingerprint density at radius 2 is 2.04 bits per heavy atom. The van der Waals surface area contributed by atoms with Crippen LogP contribution in [0.1, 0.15) is 11.5 Å². The molecule has 122 valence electrons. The van der Waals surface area contributed by atoms with E-state index in [9.17, 15) is 5.11 Å². The fourth-order valence-electron chi connectivity index (χ4n) is 2.06. The van der Waals surface area contributed by atoms with E-state index in [0.29, 0.717) is 27.7 Å². The quantitative estimate of drug-likeness (QED) is 0.718. The van der Waals surface area contributed by atoms with Crippen molar-refractivity contribution in [2.24, 2.45) is 0 Å². The molecule has 0 bridgehead atoms. The van der Waals surface area contributed by atoms with Gasteiger partial charge >= 0.3 is 0 Å². The molecule has 24 heavy (non-hydrogen) atoms. The van der Waals surface area contributed by atoms with Crippen LogP contribution in [-0.2, 0) is 0 Å². The second kappa shape index (κ2) is 6.95. The highest BCUT2D eigenvalue weighted by Crippen LogP contribution is 2.30. The Morgan fingerprint density at radius 3 is 2.79 bits per heavy atom. The summed E-state index contributed by atoms with van der Waals surface area (Å²) < 4.78 is 10.2. The van der Waals surface area contributed by atoms with Crippen molar-refractivity contribution in [1.82, 2.24) is 10.1 Å². The number of aromatic nitrogens is 2. The van der Waals surface area contributed by atoms with E-state index in [-0.39, 0.29) is 16.7 Å². The average Bonchev–Trinajstić information content (AvgIpc) is 3.07. The second-order valence-electron chi connectivity index (χ2n) is 4.83.